The number of alkyl halides is 2. The van der Waals surface area contributed by atoms with Crippen LogP contribution in [0.2, 0.25) is 0 Å². The van der Waals surface area contributed by atoms with Crippen molar-refractivity contribution in [3.8, 4) is 5.75 Å². The van der Waals surface area contributed by atoms with E-state index in [1.54, 1.807) is 30.3 Å². The van der Waals surface area contributed by atoms with Crippen molar-refractivity contribution in [2.45, 2.75) is 6.61 Å². The van der Waals surface area contributed by atoms with E-state index in [0.717, 1.165) is 0 Å². The molecule has 0 aromatic heterocycles. The number of rotatable bonds is 4. The number of carbonyl (C=O) groups is 1. The SMILES string of the molecule is O=C(COC(F)F)Oc1ccccc1. The van der Waals surface area contributed by atoms with E-state index >= 15 is 0 Å². The second-order valence-corrected chi connectivity index (χ2v) is 2.36. The van der Waals surface area contributed by atoms with Gasteiger partial charge in [-0.15, -0.1) is 0 Å². The Balaban J connectivity index is 2.35. The fourth-order valence-electron chi connectivity index (χ4n) is 0.780. The molecule has 0 saturated carbocycles. The van der Waals surface area contributed by atoms with Gasteiger partial charge in [-0.2, -0.15) is 8.78 Å². The molecule has 1 aromatic carbocycles. The first kappa shape index (κ1) is 10.6. The van der Waals surface area contributed by atoms with Crippen molar-refractivity contribution in [3.05, 3.63) is 30.3 Å². The van der Waals surface area contributed by atoms with Gasteiger partial charge in [0.1, 0.15) is 5.75 Å². The lowest BCUT2D eigenvalue weighted by Crippen LogP contribution is -2.17. The summed E-state index contributed by atoms with van der Waals surface area (Å²) in [7, 11) is 0. The maximum absolute atomic E-state index is 11.5. The molecule has 1 rings (SSSR count). The van der Waals surface area contributed by atoms with E-state index in [-0.39, 0.29) is 0 Å². The maximum atomic E-state index is 11.5. The molecule has 14 heavy (non-hydrogen) atoms. The van der Waals surface area contributed by atoms with E-state index in [4.69, 9.17) is 0 Å². The van der Waals surface area contributed by atoms with Crippen molar-refractivity contribution in [1.29, 1.82) is 0 Å². The highest BCUT2D eigenvalue weighted by molar-refractivity contribution is 5.73. The smallest absolute Gasteiger partial charge is 0.345 e. The quantitative estimate of drug-likeness (QED) is 0.552. The number of ether oxygens (including phenoxy) is 2. The molecule has 0 heterocycles. The minimum Gasteiger partial charge on any atom is -0.425 e. The topological polar surface area (TPSA) is 35.5 Å². The van der Waals surface area contributed by atoms with E-state index < -0.39 is 19.2 Å². The number of para-hydroxylation sites is 1. The Hall–Kier alpha value is -1.49. The van der Waals surface area contributed by atoms with Crippen LogP contribution in [0.25, 0.3) is 0 Å². The molecule has 0 spiro atoms. The molecule has 5 heteroatoms. The first-order valence-corrected chi connectivity index (χ1v) is 3.84. The van der Waals surface area contributed by atoms with Crippen LogP contribution in [0.4, 0.5) is 8.78 Å². The lowest BCUT2D eigenvalue weighted by atomic mass is 10.3. The van der Waals surface area contributed by atoms with Gasteiger partial charge in [-0.05, 0) is 12.1 Å². The lowest BCUT2D eigenvalue weighted by molar-refractivity contribution is -0.162. The van der Waals surface area contributed by atoms with Gasteiger partial charge in [0.15, 0.2) is 6.61 Å². The van der Waals surface area contributed by atoms with Crippen molar-refractivity contribution in [2.24, 2.45) is 0 Å². The highest BCUT2D eigenvalue weighted by Crippen LogP contribution is 2.08. The Morgan fingerprint density at radius 2 is 1.93 bits per heavy atom. The zero-order valence-corrected chi connectivity index (χ0v) is 7.15. The normalized spacial score (nSPS) is 10.2. The van der Waals surface area contributed by atoms with Gasteiger partial charge in [-0.25, -0.2) is 4.79 Å². The first-order valence-electron chi connectivity index (χ1n) is 3.84. The fraction of sp³-hybridized carbons (Fsp3) is 0.222. The number of esters is 1. The predicted molar refractivity (Wildman–Crippen MR) is 44.0 cm³/mol. The first-order chi connectivity index (χ1) is 6.68. The Morgan fingerprint density at radius 1 is 1.29 bits per heavy atom. The number of hydrogen-bond acceptors (Lipinski definition) is 3. The van der Waals surface area contributed by atoms with Crippen molar-refractivity contribution in [3.63, 3.8) is 0 Å². The standard InChI is InChI=1S/C9H8F2O3/c10-9(11)13-6-8(12)14-7-4-2-1-3-5-7/h1-5,9H,6H2. The molecule has 0 fully saturated rings. The summed E-state index contributed by atoms with van der Waals surface area (Å²) in [5, 5.41) is 0. The van der Waals surface area contributed by atoms with Crippen LogP contribution in [0.1, 0.15) is 0 Å². The van der Waals surface area contributed by atoms with Gasteiger partial charge in [0.25, 0.3) is 0 Å². The predicted octanol–water partition coefficient (Wildman–Crippen LogP) is 1.83. The number of benzene rings is 1. The van der Waals surface area contributed by atoms with Crippen LogP contribution in [-0.4, -0.2) is 19.2 Å². The van der Waals surface area contributed by atoms with Crippen LogP contribution in [0.5, 0.6) is 5.75 Å². The van der Waals surface area contributed by atoms with Gasteiger partial charge >= 0.3 is 12.6 Å². The summed E-state index contributed by atoms with van der Waals surface area (Å²) in [4.78, 5) is 10.8. The molecule has 0 aliphatic rings. The van der Waals surface area contributed by atoms with Crippen LogP contribution < -0.4 is 4.74 Å². The minimum absolute atomic E-state index is 0.301. The monoisotopic (exact) mass is 202 g/mol. The summed E-state index contributed by atoms with van der Waals surface area (Å²) in [6.07, 6.45) is 0. The number of halogens is 2. The fourth-order valence-corrected chi connectivity index (χ4v) is 0.780. The third kappa shape index (κ3) is 3.95. The van der Waals surface area contributed by atoms with Crippen molar-refractivity contribution >= 4 is 5.97 Å². The third-order valence-electron chi connectivity index (χ3n) is 1.30. The van der Waals surface area contributed by atoms with Gasteiger partial charge in [-0.3, -0.25) is 0 Å². The average Bonchev–Trinajstić information content (AvgIpc) is 2.16. The lowest BCUT2D eigenvalue weighted by Gasteiger charge is -2.03. The van der Waals surface area contributed by atoms with Gasteiger partial charge in [0.2, 0.25) is 0 Å². The molecule has 1 aromatic rings. The second kappa shape index (κ2) is 5.29. The van der Waals surface area contributed by atoms with Crippen molar-refractivity contribution in [2.75, 3.05) is 6.61 Å². The summed E-state index contributed by atoms with van der Waals surface area (Å²) in [5.41, 5.74) is 0. The molecule has 0 unspecified atom stereocenters. The van der Waals surface area contributed by atoms with E-state index in [1.165, 1.54) is 0 Å². The third-order valence-corrected chi connectivity index (χ3v) is 1.30. The van der Waals surface area contributed by atoms with Crippen molar-refractivity contribution < 1.29 is 23.0 Å². The maximum Gasteiger partial charge on any atom is 0.345 e. The summed E-state index contributed by atoms with van der Waals surface area (Å²) >= 11 is 0. The molecule has 0 N–H and O–H groups in total. The molecule has 0 aliphatic carbocycles. The zero-order chi connectivity index (χ0) is 10.4. The summed E-state index contributed by atoms with van der Waals surface area (Å²) in [6, 6.07) is 8.15. The molecule has 0 saturated heterocycles. The van der Waals surface area contributed by atoms with Gasteiger partial charge < -0.3 is 9.47 Å². The number of carbonyl (C=O) groups excluding carboxylic acids is 1. The summed E-state index contributed by atoms with van der Waals surface area (Å²) in [6.45, 7) is -3.72. The molecule has 0 atom stereocenters. The van der Waals surface area contributed by atoms with Crippen LogP contribution in [0, 0.1) is 0 Å². The molecule has 76 valence electrons. The zero-order valence-electron chi connectivity index (χ0n) is 7.15. The van der Waals surface area contributed by atoms with E-state index in [0.29, 0.717) is 5.75 Å². The molecule has 0 amide bonds. The number of hydrogen-bond donors (Lipinski definition) is 0. The second-order valence-electron chi connectivity index (χ2n) is 2.36. The van der Waals surface area contributed by atoms with Crippen LogP contribution in [0.3, 0.4) is 0 Å². The highest BCUT2D eigenvalue weighted by atomic mass is 19.3. The molecule has 0 aliphatic heterocycles. The van der Waals surface area contributed by atoms with E-state index in [9.17, 15) is 13.6 Å². The summed E-state index contributed by atoms with van der Waals surface area (Å²) < 4.78 is 31.4. The largest absolute Gasteiger partial charge is 0.425 e. The Labute approximate surface area is 79.2 Å². The Bertz CT molecular complexity index is 287. The van der Waals surface area contributed by atoms with Gasteiger partial charge in [0.05, 0.1) is 0 Å². The van der Waals surface area contributed by atoms with E-state index in [2.05, 4.69) is 9.47 Å². The van der Waals surface area contributed by atoms with Crippen molar-refractivity contribution in [1.82, 2.24) is 0 Å². The van der Waals surface area contributed by atoms with Crippen LogP contribution >= 0.6 is 0 Å². The minimum atomic E-state index is -2.96. The Morgan fingerprint density at radius 3 is 2.50 bits per heavy atom. The molecular weight excluding hydrogens is 194 g/mol. The molecule has 3 nitrogen and oxygen atoms in total. The average molecular weight is 202 g/mol. The highest BCUT2D eigenvalue weighted by Gasteiger charge is 2.08. The molecule has 0 bridgehead atoms. The Kier molecular flexibility index (Phi) is 4.00. The van der Waals surface area contributed by atoms with Crippen LogP contribution in [0.15, 0.2) is 30.3 Å². The van der Waals surface area contributed by atoms with Crippen LogP contribution in [-0.2, 0) is 9.53 Å². The molecular formula is C9H8F2O3. The molecule has 0 radical (unpaired) electrons. The van der Waals surface area contributed by atoms with Gasteiger partial charge in [0, 0.05) is 0 Å². The summed E-state index contributed by atoms with van der Waals surface area (Å²) in [5.74, 6) is -0.549. The van der Waals surface area contributed by atoms with Gasteiger partial charge in [-0.1, -0.05) is 18.2 Å². The van der Waals surface area contributed by atoms with E-state index in [1.807, 2.05) is 0 Å².